The molecule has 1 aliphatic heterocycles. The van der Waals surface area contributed by atoms with Crippen LogP contribution in [0.25, 0.3) is 0 Å². The molecule has 0 unspecified atom stereocenters. The average molecular weight is 261 g/mol. The first-order valence-corrected chi connectivity index (χ1v) is 6.63. The van der Waals surface area contributed by atoms with Crippen LogP contribution in [-0.4, -0.2) is 29.4 Å². The van der Waals surface area contributed by atoms with E-state index >= 15 is 0 Å². The summed E-state index contributed by atoms with van der Waals surface area (Å²) in [4.78, 5) is 25.1. The molecule has 4 heteroatoms. The molecule has 4 nitrogen and oxygen atoms in total. The van der Waals surface area contributed by atoms with Crippen molar-refractivity contribution in [2.24, 2.45) is 0 Å². The van der Waals surface area contributed by atoms with Gasteiger partial charge in [-0.3, -0.25) is 14.5 Å². The summed E-state index contributed by atoms with van der Waals surface area (Å²) >= 11 is 0. The van der Waals surface area contributed by atoms with Gasteiger partial charge >= 0.3 is 0 Å². The Morgan fingerprint density at radius 3 is 2.37 bits per heavy atom. The molecular weight excluding hydrogens is 242 g/mol. The van der Waals surface area contributed by atoms with E-state index in [4.69, 9.17) is 4.74 Å². The van der Waals surface area contributed by atoms with Gasteiger partial charge in [-0.05, 0) is 38.5 Å². The Kier molecular flexibility index (Phi) is 3.88. The van der Waals surface area contributed by atoms with Gasteiger partial charge in [-0.15, -0.1) is 0 Å². The van der Waals surface area contributed by atoms with Crippen LogP contribution in [0.4, 0.5) is 0 Å². The Hall–Kier alpha value is -1.84. The molecule has 0 N–H and O–H groups in total. The van der Waals surface area contributed by atoms with Gasteiger partial charge in [0.1, 0.15) is 5.75 Å². The third-order valence-electron chi connectivity index (χ3n) is 3.21. The number of carbonyl (C=O) groups excluding carboxylic acids is 2. The highest BCUT2D eigenvalue weighted by Crippen LogP contribution is 2.30. The standard InChI is InChI=1S/C15H19NO3/c1-4-16-14(17)9-13(15(16)18)11-5-7-12(8-6-11)19-10(2)3/h5-8,10,13H,4,9H2,1-3H3/t13-/m1/s1. The molecular formula is C15H19NO3. The SMILES string of the molecule is CCN1C(=O)C[C@H](c2ccc(OC(C)C)cc2)C1=O. The summed E-state index contributed by atoms with van der Waals surface area (Å²) in [5, 5.41) is 0. The second kappa shape index (κ2) is 5.43. The number of ether oxygens (including phenoxy) is 1. The van der Waals surface area contributed by atoms with Crippen LogP contribution in [0.15, 0.2) is 24.3 Å². The van der Waals surface area contributed by atoms with Crippen molar-refractivity contribution in [3.05, 3.63) is 29.8 Å². The van der Waals surface area contributed by atoms with E-state index in [0.29, 0.717) is 6.54 Å². The van der Waals surface area contributed by atoms with Gasteiger partial charge < -0.3 is 4.74 Å². The molecule has 1 atom stereocenters. The van der Waals surface area contributed by atoms with Crippen molar-refractivity contribution in [2.45, 2.75) is 39.2 Å². The number of hydrogen-bond donors (Lipinski definition) is 0. The number of benzene rings is 1. The predicted octanol–water partition coefficient (Wildman–Crippen LogP) is 2.34. The van der Waals surface area contributed by atoms with E-state index in [1.165, 1.54) is 4.90 Å². The lowest BCUT2D eigenvalue weighted by Gasteiger charge is -2.13. The van der Waals surface area contributed by atoms with Crippen molar-refractivity contribution in [1.29, 1.82) is 0 Å². The van der Waals surface area contributed by atoms with E-state index in [1.54, 1.807) is 0 Å². The lowest BCUT2D eigenvalue weighted by atomic mass is 9.97. The van der Waals surface area contributed by atoms with E-state index in [1.807, 2.05) is 45.0 Å². The van der Waals surface area contributed by atoms with Crippen LogP contribution < -0.4 is 4.74 Å². The molecule has 0 spiro atoms. The average Bonchev–Trinajstić information content (AvgIpc) is 2.64. The molecule has 1 aromatic carbocycles. The monoisotopic (exact) mass is 261 g/mol. The van der Waals surface area contributed by atoms with Crippen LogP contribution in [0.1, 0.15) is 38.7 Å². The Labute approximate surface area is 113 Å². The van der Waals surface area contributed by atoms with Crippen LogP contribution in [0, 0.1) is 0 Å². The molecule has 1 heterocycles. The second-order valence-electron chi connectivity index (χ2n) is 4.97. The quantitative estimate of drug-likeness (QED) is 0.781. The number of nitrogens with zero attached hydrogens (tertiary/aromatic N) is 1. The fourth-order valence-electron chi connectivity index (χ4n) is 2.33. The molecule has 102 valence electrons. The van der Waals surface area contributed by atoms with Gasteiger partial charge in [0, 0.05) is 13.0 Å². The number of carbonyl (C=O) groups is 2. The van der Waals surface area contributed by atoms with Gasteiger partial charge in [0.2, 0.25) is 11.8 Å². The number of rotatable bonds is 4. The summed E-state index contributed by atoms with van der Waals surface area (Å²) in [6.45, 7) is 6.19. The molecule has 1 fully saturated rings. The zero-order valence-corrected chi connectivity index (χ0v) is 11.6. The van der Waals surface area contributed by atoms with E-state index in [-0.39, 0.29) is 30.3 Å². The van der Waals surface area contributed by atoms with E-state index in [9.17, 15) is 9.59 Å². The number of amides is 2. The summed E-state index contributed by atoms with van der Waals surface area (Å²) in [5.41, 5.74) is 0.880. The zero-order valence-electron chi connectivity index (χ0n) is 11.6. The first-order chi connectivity index (χ1) is 9.02. The van der Waals surface area contributed by atoms with Crippen LogP contribution in [-0.2, 0) is 9.59 Å². The van der Waals surface area contributed by atoms with Gasteiger partial charge in [-0.1, -0.05) is 12.1 Å². The Bertz CT molecular complexity index is 479. The van der Waals surface area contributed by atoms with Gasteiger partial charge in [0.15, 0.2) is 0 Å². The maximum atomic E-state index is 12.1. The molecule has 2 rings (SSSR count). The van der Waals surface area contributed by atoms with Crippen molar-refractivity contribution >= 4 is 11.8 Å². The minimum Gasteiger partial charge on any atom is -0.491 e. The number of hydrogen-bond acceptors (Lipinski definition) is 3. The first kappa shape index (κ1) is 13.6. The highest BCUT2D eigenvalue weighted by Gasteiger charge is 2.38. The molecule has 1 aromatic rings. The lowest BCUT2D eigenvalue weighted by molar-refractivity contribution is -0.138. The third kappa shape index (κ3) is 2.78. The smallest absolute Gasteiger partial charge is 0.237 e. The molecule has 0 saturated carbocycles. The molecule has 1 saturated heterocycles. The number of likely N-dealkylation sites (tertiary alicyclic amines) is 1. The second-order valence-corrected chi connectivity index (χ2v) is 4.97. The highest BCUT2D eigenvalue weighted by atomic mass is 16.5. The Morgan fingerprint density at radius 2 is 1.89 bits per heavy atom. The van der Waals surface area contributed by atoms with Crippen LogP contribution in [0.2, 0.25) is 0 Å². The molecule has 19 heavy (non-hydrogen) atoms. The van der Waals surface area contributed by atoms with Crippen molar-refractivity contribution in [2.75, 3.05) is 6.54 Å². The fourth-order valence-corrected chi connectivity index (χ4v) is 2.33. The Balaban J connectivity index is 2.15. The normalized spacial score (nSPS) is 19.4. The Morgan fingerprint density at radius 1 is 1.26 bits per heavy atom. The van der Waals surface area contributed by atoms with Gasteiger partial charge in [-0.25, -0.2) is 0 Å². The van der Waals surface area contributed by atoms with Gasteiger partial charge in [0.25, 0.3) is 0 Å². The topological polar surface area (TPSA) is 46.6 Å². The third-order valence-corrected chi connectivity index (χ3v) is 3.21. The molecule has 0 radical (unpaired) electrons. The summed E-state index contributed by atoms with van der Waals surface area (Å²) < 4.78 is 5.56. The number of likely N-dealkylation sites (N-methyl/N-ethyl adjacent to an activating group) is 1. The predicted molar refractivity (Wildman–Crippen MR) is 72.0 cm³/mol. The molecule has 0 aliphatic carbocycles. The van der Waals surface area contributed by atoms with Crippen molar-refractivity contribution in [3.8, 4) is 5.75 Å². The van der Waals surface area contributed by atoms with E-state index < -0.39 is 0 Å². The summed E-state index contributed by atoms with van der Waals surface area (Å²) in [6.07, 6.45) is 0.396. The van der Waals surface area contributed by atoms with Gasteiger partial charge in [-0.2, -0.15) is 0 Å². The highest BCUT2D eigenvalue weighted by molar-refractivity contribution is 6.06. The van der Waals surface area contributed by atoms with Crippen molar-refractivity contribution in [3.63, 3.8) is 0 Å². The minimum absolute atomic E-state index is 0.0833. The largest absolute Gasteiger partial charge is 0.491 e. The van der Waals surface area contributed by atoms with Crippen LogP contribution in [0.3, 0.4) is 0 Å². The first-order valence-electron chi connectivity index (χ1n) is 6.63. The van der Waals surface area contributed by atoms with E-state index in [0.717, 1.165) is 11.3 Å². The molecule has 0 bridgehead atoms. The van der Waals surface area contributed by atoms with E-state index in [2.05, 4.69) is 0 Å². The fraction of sp³-hybridized carbons (Fsp3) is 0.467. The van der Waals surface area contributed by atoms with Crippen molar-refractivity contribution < 1.29 is 14.3 Å². The van der Waals surface area contributed by atoms with Crippen molar-refractivity contribution in [1.82, 2.24) is 4.90 Å². The summed E-state index contributed by atoms with van der Waals surface area (Å²) in [5.74, 6) is 0.272. The zero-order chi connectivity index (χ0) is 14.0. The lowest BCUT2D eigenvalue weighted by Crippen LogP contribution is -2.29. The van der Waals surface area contributed by atoms with Crippen LogP contribution >= 0.6 is 0 Å². The maximum absolute atomic E-state index is 12.1. The molecule has 0 aromatic heterocycles. The maximum Gasteiger partial charge on any atom is 0.237 e. The minimum atomic E-state index is -0.333. The van der Waals surface area contributed by atoms with Gasteiger partial charge in [0.05, 0.1) is 12.0 Å². The summed E-state index contributed by atoms with van der Waals surface area (Å²) in [6, 6.07) is 7.43. The molecule has 2 amide bonds. The number of imide groups is 1. The summed E-state index contributed by atoms with van der Waals surface area (Å²) in [7, 11) is 0. The molecule has 1 aliphatic rings. The van der Waals surface area contributed by atoms with Crippen LogP contribution in [0.5, 0.6) is 5.75 Å².